The minimum absolute atomic E-state index is 0.808. The molecule has 0 aliphatic heterocycles. The smallest absolute Gasteiger partial charge is 0.163 e. The summed E-state index contributed by atoms with van der Waals surface area (Å²) < 4.78 is 7.12. The van der Waals surface area contributed by atoms with Crippen LogP contribution in [0.25, 0.3) is 11.4 Å². The molecule has 0 saturated carbocycles. The number of nitrogens with zero attached hydrogens (tertiary/aromatic N) is 3. The lowest BCUT2D eigenvalue weighted by Crippen LogP contribution is -2.01. The van der Waals surface area contributed by atoms with Gasteiger partial charge in [0.25, 0.3) is 0 Å². The monoisotopic (exact) mass is 231 g/mol. The van der Waals surface area contributed by atoms with Gasteiger partial charge in [0, 0.05) is 25.8 Å². The SMILES string of the molecule is COCCCCn1cnnc1-c1ccccc1. The standard InChI is InChI=1S/C13H17N3O/c1-17-10-6-5-9-16-11-14-15-13(16)12-7-3-2-4-8-12/h2-4,7-8,11H,5-6,9-10H2,1H3. The van der Waals surface area contributed by atoms with E-state index in [1.165, 1.54) is 0 Å². The van der Waals surface area contributed by atoms with Crippen molar-refractivity contribution in [1.82, 2.24) is 14.8 Å². The summed E-state index contributed by atoms with van der Waals surface area (Å²) in [5.74, 6) is 0.933. The van der Waals surface area contributed by atoms with Gasteiger partial charge < -0.3 is 9.30 Å². The third-order valence-corrected chi connectivity index (χ3v) is 2.64. The number of hydrogen-bond donors (Lipinski definition) is 0. The number of unbranched alkanes of at least 4 members (excludes halogenated alkanes) is 1. The highest BCUT2D eigenvalue weighted by Gasteiger charge is 2.05. The van der Waals surface area contributed by atoms with Gasteiger partial charge in [-0.25, -0.2) is 0 Å². The van der Waals surface area contributed by atoms with Gasteiger partial charge in [0.1, 0.15) is 6.33 Å². The van der Waals surface area contributed by atoms with Crippen molar-refractivity contribution in [3.63, 3.8) is 0 Å². The topological polar surface area (TPSA) is 39.9 Å². The van der Waals surface area contributed by atoms with Crippen LogP contribution in [0.1, 0.15) is 12.8 Å². The molecule has 1 aromatic carbocycles. The summed E-state index contributed by atoms with van der Waals surface area (Å²) in [7, 11) is 1.73. The summed E-state index contributed by atoms with van der Waals surface area (Å²) >= 11 is 0. The molecule has 0 aliphatic rings. The van der Waals surface area contributed by atoms with Crippen LogP contribution >= 0.6 is 0 Å². The van der Waals surface area contributed by atoms with Crippen molar-refractivity contribution in [3.05, 3.63) is 36.7 Å². The second kappa shape index (κ2) is 6.15. The summed E-state index contributed by atoms with van der Waals surface area (Å²) in [5, 5.41) is 8.15. The minimum atomic E-state index is 0.808. The van der Waals surface area contributed by atoms with Crippen LogP contribution in [0.4, 0.5) is 0 Å². The van der Waals surface area contributed by atoms with Crippen molar-refractivity contribution in [3.8, 4) is 11.4 Å². The van der Waals surface area contributed by atoms with Crippen LogP contribution in [0.3, 0.4) is 0 Å². The number of ether oxygens (including phenoxy) is 1. The molecule has 4 nitrogen and oxygen atoms in total. The first-order valence-electron chi connectivity index (χ1n) is 5.84. The van der Waals surface area contributed by atoms with Crippen molar-refractivity contribution in [2.24, 2.45) is 0 Å². The van der Waals surface area contributed by atoms with Crippen LogP contribution < -0.4 is 0 Å². The Morgan fingerprint density at radius 2 is 2.00 bits per heavy atom. The first-order valence-corrected chi connectivity index (χ1v) is 5.84. The maximum Gasteiger partial charge on any atom is 0.163 e. The first-order chi connectivity index (χ1) is 8.42. The van der Waals surface area contributed by atoms with Crippen LogP contribution in [0.2, 0.25) is 0 Å². The fourth-order valence-electron chi connectivity index (χ4n) is 1.76. The van der Waals surface area contributed by atoms with Gasteiger partial charge in [-0.2, -0.15) is 0 Å². The van der Waals surface area contributed by atoms with E-state index in [1.54, 1.807) is 13.4 Å². The van der Waals surface area contributed by atoms with Gasteiger partial charge in [0.05, 0.1) is 0 Å². The van der Waals surface area contributed by atoms with Crippen LogP contribution in [0, 0.1) is 0 Å². The zero-order valence-corrected chi connectivity index (χ0v) is 10.0. The molecule has 0 radical (unpaired) electrons. The molecule has 4 heteroatoms. The van der Waals surface area contributed by atoms with Gasteiger partial charge in [-0.1, -0.05) is 30.3 Å². The Morgan fingerprint density at radius 1 is 1.18 bits per heavy atom. The number of aromatic nitrogens is 3. The Kier molecular flexibility index (Phi) is 4.27. The quantitative estimate of drug-likeness (QED) is 0.716. The highest BCUT2D eigenvalue weighted by Crippen LogP contribution is 2.16. The van der Waals surface area contributed by atoms with E-state index in [4.69, 9.17) is 4.74 Å². The molecule has 2 aromatic rings. The lowest BCUT2D eigenvalue weighted by Gasteiger charge is -2.06. The van der Waals surface area contributed by atoms with Crippen molar-refractivity contribution in [1.29, 1.82) is 0 Å². The van der Waals surface area contributed by atoms with E-state index < -0.39 is 0 Å². The van der Waals surface area contributed by atoms with Gasteiger partial charge in [-0.15, -0.1) is 10.2 Å². The lowest BCUT2D eigenvalue weighted by atomic mass is 10.2. The maximum atomic E-state index is 5.04. The molecule has 0 amide bonds. The molecule has 2 rings (SSSR count). The van der Waals surface area contributed by atoms with E-state index in [0.717, 1.165) is 37.4 Å². The highest BCUT2D eigenvalue weighted by atomic mass is 16.5. The van der Waals surface area contributed by atoms with Crippen LogP contribution in [-0.2, 0) is 11.3 Å². The molecule has 0 spiro atoms. The molecular weight excluding hydrogens is 214 g/mol. The van der Waals surface area contributed by atoms with Crippen LogP contribution in [0.15, 0.2) is 36.7 Å². The summed E-state index contributed by atoms with van der Waals surface area (Å²) in [5.41, 5.74) is 1.11. The second-order valence-corrected chi connectivity index (χ2v) is 3.91. The highest BCUT2D eigenvalue weighted by molar-refractivity contribution is 5.54. The van der Waals surface area contributed by atoms with E-state index in [-0.39, 0.29) is 0 Å². The molecule has 0 unspecified atom stereocenters. The molecule has 17 heavy (non-hydrogen) atoms. The average Bonchev–Trinajstić information content (AvgIpc) is 2.84. The predicted molar refractivity (Wildman–Crippen MR) is 66.6 cm³/mol. The second-order valence-electron chi connectivity index (χ2n) is 3.91. The number of aryl methyl sites for hydroxylation is 1. The Morgan fingerprint density at radius 3 is 2.76 bits per heavy atom. The molecule has 1 heterocycles. The molecule has 0 N–H and O–H groups in total. The fraction of sp³-hybridized carbons (Fsp3) is 0.385. The Balaban J connectivity index is 2.02. The van der Waals surface area contributed by atoms with Crippen molar-refractivity contribution < 1.29 is 4.74 Å². The average molecular weight is 231 g/mol. The lowest BCUT2D eigenvalue weighted by molar-refractivity contribution is 0.191. The third kappa shape index (κ3) is 3.14. The minimum Gasteiger partial charge on any atom is -0.385 e. The molecule has 0 atom stereocenters. The third-order valence-electron chi connectivity index (χ3n) is 2.64. The first kappa shape index (κ1) is 11.8. The molecular formula is C13H17N3O. The summed E-state index contributed by atoms with van der Waals surface area (Å²) in [4.78, 5) is 0. The van der Waals surface area contributed by atoms with E-state index in [9.17, 15) is 0 Å². The Bertz CT molecular complexity index is 439. The molecule has 90 valence electrons. The summed E-state index contributed by atoms with van der Waals surface area (Å²) in [6, 6.07) is 10.1. The van der Waals surface area contributed by atoms with Crippen molar-refractivity contribution >= 4 is 0 Å². The van der Waals surface area contributed by atoms with Gasteiger partial charge in [-0.05, 0) is 12.8 Å². The number of rotatable bonds is 6. The molecule has 1 aromatic heterocycles. The van der Waals surface area contributed by atoms with E-state index in [2.05, 4.69) is 26.9 Å². The van der Waals surface area contributed by atoms with Gasteiger partial charge in [0.2, 0.25) is 0 Å². The van der Waals surface area contributed by atoms with E-state index in [1.807, 2.05) is 18.2 Å². The van der Waals surface area contributed by atoms with Gasteiger partial charge in [-0.3, -0.25) is 0 Å². The van der Waals surface area contributed by atoms with Crippen molar-refractivity contribution in [2.45, 2.75) is 19.4 Å². The van der Waals surface area contributed by atoms with E-state index >= 15 is 0 Å². The van der Waals surface area contributed by atoms with Crippen LogP contribution in [0.5, 0.6) is 0 Å². The number of benzene rings is 1. The predicted octanol–water partition coefficient (Wildman–Crippen LogP) is 2.37. The fourth-order valence-corrected chi connectivity index (χ4v) is 1.76. The summed E-state index contributed by atoms with van der Waals surface area (Å²) in [6.45, 7) is 1.74. The Hall–Kier alpha value is -1.68. The number of hydrogen-bond acceptors (Lipinski definition) is 3. The van der Waals surface area contributed by atoms with E-state index in [0.29, 0.717) is 0 Å². The number of methoxy groups -OCH3 is 1. The summed E-state index contributed by atoms with van der Waals surface area (Å²) in [6.07, 6.45) is 3.92. The normalized spacial score (nSPS) is 10.6. The van der Waals surface area contributed by atoms with Crippen LogP contribution in [-0.4, -0.2) is 28.5 Å². The Labute approximate surface area is 101 Å². The zero-order chi connectivity index (χ0) is 11.9. The molecule has 0 bridgehead atoms. The largest absolute Gasteiger partial charge is 0.385 e. The van der Waals surface area contributed by atoms with Gasteiger partial charge in [0.15, 0.2) is 5.82 Å². The molecule has 0 fully saturated rings. The maximum absolute atomic E-state index is 5.04. The van der Waals surface area contributed by atoms with Gasteiger partial charge >= 0.3 is 0 Å². The van der Waals surface area contributed by atoms with Crippen molar-refractivity contribution in [2.75, 3.05) is 13.7 Å². The zero-order valence-electron chi connectivity index (χ0n) is 10.0. The molecule has 0 saturated heterocycles. The molecule has 0 aliphatic carbocycles.